The normalized spacial score (nSPS) is 22.5. The highest BCUT2D eigenvalue weighted by Gasteiger charge is 2.30. The molecule has 1 fully saturated rings. The Balaban J connectivity index is 1.46. The monoisotopic (exact) mass is 405 g/mol. The molecule has 30 heavy (non-hydrogen) atoms. The molecule has 0 radical (unpaired) electrons. The Kier molecular flexibility index (Phi) is 6.30. The second-order valence-electron chi connectivity index (χ2n) is 8.07. The number of H-pyrrole nitrogens is 1. The van der Waals surface area contributed by atoms with Crippen LogP contribution in [-0.4, -0.2) is 42.7 Å². The SMILES string of the molecule is C=N/C(=C1/c2cc[nH]c2N=CN1N)[C@H]1CC[C@H](CN(CCN)c2ccccc2)CC1. The molecule has 1 saturated carbocycles. The van der Waals surface area contributed by atoms with Crippen molar-refractivity contribution < 1.29 is 0 Å². The van der Waals surface area contributed by atoms with E-state index in [0.717, 1.165) is 61.5 Å². The number of anilines is 1. The largest absolute Gasteiger partial charge is 0.370 e. The van der Waals surface area contributed by atoms with Gasteiger partial charge in [-0.15, -0.1) is 0 Å². The maximum atomic E-state index is 6.23. The third kappa shape index (κ3) is 4.17. The first-order valence-corrected chi connectivity index (χ1v) is 10.7. The zero-order valence-corrected chi connectivity index (χ0v) is 17.4. The minimum atomic E-state index is 0.355. The summed E-state index contributed by atoms with van der Waals surface area (Å²) in [5.74, 6) is 8.06. The number of nitrogens with zero attached hydrogens (tertiary/aromatic N) is 4. The molecular formula is C23H31N7. The Morgan fingerprint density at radius 1 is 1.20 bits per heavy atom. The number of aromatic nitrogens is 1. The first kappa shape index (κ1) is 20.4. The average Bonchev–Trinajstić information content (AvgIpc) is 3.26. The van der Waals surface area contributed by atoms with Crippen LogP contribution in [0.2, 0.25) is 0 Å². The highest BCUT2D eigenvalue weighted by atomic mass is 15.4. The fourth-order valence-electron chi connectivity index (χ4n) is 4.69. The lowest BCUT2D eigenvalue weighted by Gasteiger charge is -2.35. The molecule has 7 heteroatoms. The van der Waals surface area contributed by atoms with E-state index in [0.29, 0.717) is 18.4 Å². The number of fused-ring (bicyclic) bond motifs is 1. The van der Waals surface area contributed by atoms with Crippen molar-refractivity contribution in [3.63, 3.8) is 0 Å². The van der Waals surface area contributed by atoms with Crippen molar-refractivity contribution in [2.75, 3.05) is 24.5 Å². The summed E-state index contributed by atoms with van der Waals surface area (Å²) in [5, 5.41) is 1.57. The van der Waals surface area contributed by atoms with Crippen LogP contribution < -0.4 is 16.5 Å². The van der Waals surface area contributed by atoms with Crippen molar-refractivity contribution in [1.82, 2.24) is 9.99 Å². The number of nitrogens with one attached hydrogen (secondary N) is 1. The van der Waals surface area contributed by atoms with Crippen LogP contribution in [0.5, 0.6) is 0 Å². The van der Waals surface area contributed by atoms with Gasteiger partial charge in [-0.05, 0) is 56.5 Å². The quantitative estimate of drug-likeness (QED) is 0.485. The summed E-state index contributed by atoms with van der Waals surface area (Å²) >= 11 is 0. The molecule has 0 unspecified atom stereocenters. The number of hydrazine groups is 1. The van der Waals surface area contributed by atoms with Gasteiger partial charge in [-0.3, -0.25) is 10.0 Å². The first-order chi connectivity index (χ1) is 14.7. The fraction of sp³-hybridized carbons (Fsp3) is 0.391. The van der Waals surface area contributed by atoms with Crippen LogP contribution in [0.4, 0.5) is 11.5 Å². The predicted molar refractivity (Wildman–Crippen MR) is 125 cm³/mol. The number of hydrogen-bond acceptors (Lipinski definition) is 6. The fourth-order valence-corrected chi connectivity index (χ4v) is 4.69. The van der Waals surface area contributed by atoms with E-state index in [-0.39, 0.29) is 0 Å². The van der Waals surface area contributed by atoms with Gasteiger partial charge in [0.1, 0.15) is 12.2 Å². The van der Waals surface area contributed by atoms with E-state index < -0.39 is 0 Å². The molecule has 2 heterocycles. The van der Waals surface area contributed by atoms with Crippen LogP contribution in [-0.2, 0) is 0 Å². The van der Waals surface area contributed by atoms with E-state index in [9.17, 15) is 0 Å². The van der Waals surface area contributed by atoms with E-state index in [4.69, 9.17) is 11.6 Å². The number of aromatic amines is 1. The number of aliphatic imine (C=N–C) groups is 2. The molecule has 1 aliphatic carbocycles. The van der Waals surface area contributed by atoms with E-state index in [1.165, 1.54) is 5.69 Å². The van der Waals surface area contributed by atoms with Crippen molar-refractivity contribution in [3.8, 4) is 0 Å². The molecule has 0 spiro atoms. The zero-order chi connectivity index (χ0) is 20.9. The third-order valence-corrected chi connectivity index (χ3v) is 6.20. The Bertz CT molecular complexity index is 907. The summed E-state index contributed by atoms with van der Waals surface area (Å²) in [6.45, 7) is 6.45. The van der Waals surface area contributed by atoms with E-state index in [2.05, 4.69) is 56.9 Å². The topological polar surface area (TPSA) is 99.0 Å². The minimum Gasteiger partial charge on any atom is -0.370 e. The average molecular weight is 406 g/mol. The smallest absolute Gasteiger partial charge is 0.141 e. The first-order valence-electron chi connectivity index (χ1n) is 10.7. The van der Waals surface area contributed by atoms with E-state index >= 15 is 0 Å². The van der Waals surface area contributed by atoms with Gasteiger partial charge < -0.3 is 15.6 Å². The molecule has 158 valence electrons. The van der Waals surface area contributed by atoms with Gasteiger partial charge in [0.05, 0.1) is 11.4 Å². The lowest BCUT2D eigenvalue weighted by molar-refractivity contribution is 0.301. The molecule has 4 rings (SSSR count). The van der Waals surface area contributed by atoms with Crippen LogP contribution in [0, 0.1) is 11.8 Å². The van der Waals surface area contributed by atoms with Crippen molar-refractivity contribution in [1.29, 1.82) is 0 Å². The van der Waals surface area contributed by atoms with E-state index in [1.807, 2.05) is 12.3 Å². The molecule has 7 nitrogen and oxygen atoms in total. The Morgan fingerprint density at radius 3 is 2.67 bits per heavy atom. The Morgan fingerprint density at radius 2 is 1.97 bits per heavy atom. The third-order valence-electron chi connectivity index (χ3n) is 6.20. The number of para-hydroxylation sites is 1. The maximum absolute atomic E-state index is 6.23. The highest BCUT2D eigenvalue weighted by Crippen LogP contribution is 2.40. The molecule has 1 aromatic heterocycles. The van der Waals surface area contributed by atoms with Gasteiger partial charge in [0, 0.05) is 43.0 Å². The van der Waals surface area contributed by atoms with Gasteiger partial charge in [-0.2, -0.15) is 0 Å². The maximum Gasteiger partial charge on any atom is 0.141 e. The summed E-state index contributed by atoms with van der Waals surface area (Å²) in [6.07, 6.45) is 7.99. The number of allylic oxidation sites excluding steroid dienone is 1. The Hall–Kier alpha value is -2.90. The van der Waals surface area contributed by atoms with Gasteiger partial charge in [-0.25, -0.2) is 10.8 Å². The van der Waals surface area contributed by atoms with Gasteiger partial charge >= 0.3 is 0 Å². The Labute approximate surface area is 178 Å². The van der Waals surface area contributed by atoms with Crippen molar-refractivity contribution in [2.24, 2.45) is 33.4 Å². The predicted octanol–water partition coefficient (Wildman–Crippen LogP) is 3.50. The highest BCUT2D eigenvalue weighted by molar-refractivity contribution is 5.87. The van der Waals surface area contributed by atoms with E-state index in [1.54, 1.807) is 11.3 Å². The molecule has 1 aliphatic heterocycles. The summed E-state index contributed by atoms with van der Waals surface area (Å²) in [7, 11) is 0. The van der Waals surface area contributed by atoms with Crippen molar-refractivity contribution >= 4 is 30.3 Å². The second kappa shape index (κ2) is 9.28. The standard InChI is InChI=1S/C23H31N7/c1-26-21(22-20-11-13-27-23(20)28-16-30(22)25)18-9-7-17(8-10-18)15-29(14-12-24)19-5-3-2-4-6-19/h2-6,11,13,16-18,27H,1,7-10,12,14-15,24-25H2/b22-21-/t17-,18-. The van der Waals surface area contributed by atoms with Crippen LogP contribution >= 0.6 is 0 Å². The number of rotatable bonds is 7. The molecular weight excluding hydrogens is 374 g/mol. The molecule has 0 amide bonds. The van der Waals surface area contributed by atoms with Crippen LogP contribution in [0.3, 0.4) is 0 Å². The number of hydrogen-bond donors (Lipinski definition) is 3. The molecule has 5 N–H and O–H groups in total. The summed E-state index contributed by atoms with van der Waals surface area (Å²) in [4.78, 5) is 14.4. The lowest BCUT2D eigenvalue weighted by atomic mass is 9.79. The molecule has 2 aromatic rings. The van der Waals surface area contributed by atoms with Crippen LogP contribution in [0.1, 0.15) is 31.2 Å². The van der Waals surface area contributed by atoms with Crippen molar-refractivity contribution in [3.05, 3.63) is 53.9 Å². The summed E-state index contributed by atoms with van der Waals surface area (Å²) in [5.41, 5.74) is 10.0. The molecule has 0 saturated heterocycles. The summed E-state index contributed by atoms with van der Waals surface area (Å²) < 4.78 is 0. The van der Waals surface area contributed by atoms with Crippen LogP contribution in [0.15, 0.2) is 58.3 Å². The van der Waals surface area contributed by atoms with Crippen molar-refractivity contribution in [2.45, 2.75) is 25.7 Å². The molecule has 2 aliphatic rings. The molecule has 1 aromatic carbocycles. The molecule has 0 atom stereocenters. The number of nitrogens with two attached hydrogens (primary N) is 2. The van der Waals surface area contributed by atoms with Crippen LogP contribution in [0.25, 0.3) is 5.70 Å². The molecule has 0 bridgehead atoms. The van der Waals surface area contributed by atoms with Gasteiger partial charge in [0.2, 0.25) is 0 Å². The van der Waals surface area contributed by atoms with Gasteiger partial charge in [0.25, 0.3) is 0 Å². The van der Waals surface area contributed by atoms with Gasteiger partial charge in [0.15, 0.2) is 0 Å². The van der Waals surface area contributed by atoms with Gasteiger partial charge in [-0.1, -0.05) is 18.2 Å². The zero-order valence-electron chi connectivity index (χ0n) is 17.4. The minimum absolute atomic E-state index is 0.355. The summed E-state index contributed by atoms with van der Waals surface area (Å²) in [6, 6.07) is 12.6. The lowest BCUT2D eigenvalue weighted by Crippen LogP contribution is -2.36. The number of benzene rings is 1. The second-order valence-corrected chi connectivity index (χ2v) is 8.07.